The van der Waals surface area contributed by atoms with Gasteiger partial charge in [-0.3, -0.25) is 0 Å². The standard InChI is InChI=1S/C6H8N2O2.CHNO/c1-9-5-3-4-7-6(8-5)10-2;2-1-3/h3-4H,1-2H3;2H. The van der Waals surface area contributed by atoms with E-state index in [4.69, 9.17) is 19.7 Å². The van der Waals surface area contributed by atoms with Gasteiger partial charge in [0.1, 0.15) is 0 Å². The van der Waals surface area contributed by atoms with Crippen LogP contribution in [0.2, 0.25) is 0 Å². The second kappa shape index (κ2) is 6.75. The van der Waals surface area contributed by atoms with Gasteiger partial charge in [-0.05, 0) is 0 Å². The molecule has 70 valence electrons. The first-order valence-corrected chi connectivity index (χ1v) is 3.23. The molecule has 6 heteroatoms. The van der Waals surface area contributed by atoms with E-state index in [1.165, 1.54) is 7.11 Å². The van der Waals surface area contributed by atoms with Gasteiger partial charge in [-0.25, -0.2) is 15.2 Å². The Morgan fingerprint density at radius 1 is 1.46 bits per heavy atom. The molecule has 0 spiro atoms. The molecule has 0 radical (unpaired) electrons. The maximum absolute atomic E-state index is 8.35. The van der Waals surface area contributed by atoms with Gasteiger partial charge in [0, 0.05) is 12.3 Å². The molecule has 0 atom stereocenters. The summed E-state index contributed by atoms with van der Waals surface area (Å²) < 4.78 is 9.58. The molecule has 0 fully saturated rings. The highest BCUT2D eigenvalue weighted by Crippen LogP contribution is 2.07. The number of nitrogens with one attached hydrogen (secondary N) is 1. The minimum Gasteiger partial charge on any atom is -0.481 e. The van der Waals surface area contributed by atoms with Crippen LogP contribution in [0.4, 0.5) is 0 Å². The number of rotatable bonds is 2. The average molecular weight is 183 g/mol. The SMILES string of the molecule is COc1ccnc(OC)n1.N=C=O. The fraction of sp³-hybridized carbons (Fsp3) is 0.286. The van der Waals surface area contributed by atoms with E-state index in [2.05, 4.69) is 9.97 Å². The van der Waals surface area contributed by atoms with Gasteiger partial charge in [0.05, 0.1) is 14.2 Å². The molecule has 13 heavy (non-hydrogen) atoms. The van der Waals surface area contributed by atoms with Gasteiger partial charge < -0.3 is 9.47 Å². The topological polar surface area (TPSA) is 85.2 Å². The highest BCUT2D eigenvalue weighted by Gasteiger charge is 1.95. The van der Waals surface area contributed by atoms with Crippen molar-refractivity contribution < 1.29 is 14.3 Å². The Kier molecular flexibility index (Phi) is 5.74. The van der Waals surface area contributed by atoms with E-state index in [9.17, 15) is 0 Å². The van der Waals surface area contributed by atoms with Gasteiger partial charge in [-0.1, -0.05) is 0 Å². The zero-order valence-electron chi connectivity index (χ0n) is 7.27. The number of ether oxygens (including phenoxy) is 2. The van der Waals surface area contributed by atoms with Crippen LogP contribution in [0.5, 0.6) is 11.9 Å². The van der Waals surface area contributed by atoms with Gasteiger partial charge in [-0.2, -0.15) is 4.98 Å². The molecule has 0 aliphatic carbocycles. The van der Waals surface area contributed by atoms with Crippen molar-refractivity contribution in [3.8, 4) is 11.9 Å². The van der Waals surface area contributed by atoms with E-state index in [0.29, 0.717) is 11.9 Å². The Hall–Kier alpha value is -1.94. The molecule has 0 bridgehead atoms. The van der Waals surface area contributed by atoms with Gasteiger partial charge in [-0.15, -0.1) is 0 Å². The summed E-state index contributed by atoms with van der Waals surface area (Å²) in [5.41, 5.74) is 0. The van der Waals surface area contributed by atoms with Crippen LogP contribution >= 0.6 is 0 Å². The molecule has 0 saturated carbocycles. The Balaban J connectivity index is 0.000000424. The Labute approximate surface area is 75.0 Å². The number of aromatic nitrogens is 2. The molecule has 0 aliphatic heterocycles. The average Bonchev–Trinajstić information content (AvgIpc) is 2.19. The Morgan fingerprint density at radius 3 is 2.54 bits per heavy atom. The van der Waals surface area contributed by atoms with Crippen LogP contribution in [0.3, 0.4) is 0 Å². The summed E-state index contributed by atoms with van der Waals surface area (Å²) in [6.45, 7) is 0. The second-order valence-corrected chi connectivity index (χ2v) is 1.69. The van der Waals surface area contributed by atoms with E-state index in [1.807, 2.05) is 0 Å². The van der Waals surface area contributed by atoms with Crippen LogP contribution in [0.1, 0.15) is 0 Å². The lowest BCUT2D eigenvalue weighted by Gasteiger charge is -1.98. The molecule has 0 unspecified atom stereocenters. The van der Waals surface area contributed by atoms with Crippen LogP contribution in [0.15, 0.2) is 12.3 Å². The molecular weight excluding hydrogens is 174 g/mol. The first-order chi connectivity index (χ1) is 6.28. The number of methoxy groups -OCH3 is 2. The number of hydrogen-bond acceptors (Lipinski definition) is 6. The smallest absolute Gasteiger partial charge is 0.319 e. The zero-order valence-corrected chi connectivity index (χ0v) is 7.27. The number of carbonyl (C=O) groups excluding carboxylic acids is 1. The van der Waals surface area contributed by atoms with E-state index < -0.39 is 0 Å². The lowest BCUT2D eigenvalue weighted by atomic mass is 10.6. The predicted molar refractivity (Wildman–Crippen MR) is 43.5 cm³/mol. The van der Waals surface area contributed by atoms with Crippen LogP contribution in [-0.2, 0) is 4.79 Å². The fourth-order valence-corrected chi connectivity index (χ4v) is 0.537. The Bertz CT molecular complexity index is 265. The summed E-state index contributed by atoms with van der Waals surface area (Å²) in [6, 6.07) is 1.97. The highest BCUT2D eigenvalue weighted by molar-refractivity contribution is 5.26. The van der Waals surface area contributed by atoms with Gasteiger partial charge in [0.15, 0.2) is 0 Å². The van der Waals surface area contributed by atoms with Crippen molar-refractivity contribution in [1.29, 1.82) is 5.41 Å². The largest absolute Gasteiger partial charge is 0.481 e. The zero-order chi connectivity index (χ0) is 10.1. The molecule has 0 aromatic carbocycles. The van der Waals surface area contributed by atoms with E-state index in [1.54, 1.807) is 19.4 Å². The van der Waals surface area contributed by atoms with Crippen molar-refractivity contribution >= 4 is 6.08 Å². The maximum Gasteiger partial charge on any atom is 0.319 e. The molecule has 0 amide bonds. The van der Waals surface area contributed by atoms with Crippen LogP contribution < -0.4 is 9.47 Å². The van der Waals surface area contributed by atoms with Crippen LogP contribution in [-0.4, -0.2) is 30.3 Å². The highest BCUT2D eigenvalue weighted by atomic mass is 16.5. The van der Waals surface area contributed by atoms with Crippen LogP contribution in [0, 0.1) is 5.41 Å². The van der Waals surface area contributed by atoms with Crippen molar-refractivity contribution in [2.75, 3.05) is 14.2 Å². The molecular formula is C7H9N3O3. The normalized spacial score (nSPS) is 7.54. The summed E-state index contributed by atoms with van der Waals surface area (Å²) in [7, 11) is 3.05. The monoisotopic (exact) mass is 183 g/mol. The first kappa shape index (κ1) is 11.1. The molecule has 1 heterocycles. The number of hydrogen-bond donors (Lipinski definition) is 1. The van der Waals surface area contributed by atoms with Crippen molar-refractivity contribution in [2.24, 2.45) is 0 Å². The predicted octanol–water partition coefficient (Wildman–Crippen LogP) is 0.395. The Morgan fingerprint density at radius 2 is 2.08 bits per heavy atom. The molecule has 1 aromatic heterocycles. The summed E-state index contributed by atoms with van der Waals surface area (Å²) in [5, 5.41) is 5.40. The van der Waals surface area contributed by atoms with E-state index in [0.717, 1.165) is 6.08 Å². The lowest BCUT2D eigenvalue weighted by Crippen LogP contribution is -1.93. The summed E-state index contributed by atoms with van der Waals surface area (Å²) in [5.74, 6) is 0.506. The molecule has 0 saturated heterocycles. The number of isocyanates is 1. The molecule has 1 aromatic rings. The minimum absolute atomic E-state index is 0.319. The van der Waals surface area contributed by atoms with E-state index >= 15 is 0 Å². The second-order valence-electron chi connectivity index (χ2n) is 1.69. The van der Waals surface area contributed by atoms with Gasteiger partial charge in [0.25, 0.3) is 0 Å². The van der Waals surface area contributed by atoms with Crippen molar-refractivity contribution in [2.45, 2.75) is 0 Å². The third-order valence-corrected chi connectivity index (χ3v) is 1.000. The maximum atomic E-state index is 8.35. The third kappa shape index (κ3) is 4.49. The molecule has 0 aliphatic rings. The van der Waals surface area contributed by atoms with Crippen molar-refractivity contribution in [3.63, 3.8) is 0 Å². The third-order valence-electron chi connectivity index (χ3n) is 1.000. The first-order valence-electron chi connectivity index (χ1n) is 3.23. The fourth-order valence-electron chi connectivity index (χ4n) is 0.537. The molecule has 6 nitrogen and oxygen atoms in total. The van der Waals surface area contributed by atoms with Gasteiger partial charge in [0.2, 0.25) is 12.0 Å². The molecule has 1 rings (SSSR count). The van der Waals surface area contributed by atoms with Crippen molar-refractivity contribution in [3.05, 3.63) is 12.3 Å². The quantitative estimate of drug-likeness (QED) is 0.529. The minimum atomic E-state index is 0.319. The van der Waals surface area contributed by atoms with Crippen LogP contribution in [0.25, 0.3) is 0 Å². The summed E-state index contributed by atoms with van der Waals surface area (Å²) in [4.78, 5) is 16.0. The van der Waals surface area contributed by atoms with Gasteiger partial charge >= 0.3 is 6.01 Å². The molecule has 1 N–H and O–H groups in total. The van der Waals surface area contributed by atoms with Crippen molar-refractivity contribution in [1.82, 2.24) is 9.97 Å². The summed E-state index contributed by atoms with van der Waals surface area (Å²) >= 11 is 0. The van der Waals surface area contributed by atoms with E-state index in [-0.39, 0.29) is 0 Å². The number of nitrogens with zero attached hydrogens (tertiary/aromatic N) is 2. The summed E-state index contributed by atoms with van der Waals surface area (Å²) in [6.07, 6.45) is 2.32. The lowest BCUT2D eigenvalue weighted by molar-refractivity contribution is 0.352.